The van der Waals surface area contributed by atoms with E-state index in [1.165, 1.54) is 10.4 Å². The van der Waals surface area contributed by atoms with Crippen LogP contribution in [0.3, 0.4) is 0 Å². The molecule has 0 unspecified atom stereocenters. The Morgan fingerprint density at radius 2 is 1.64 bits per heavy atom. The summed E-state index contributed by atoms with van der Waals surface area (Å²) in [5.41, 5.74) is 1.22. The van der Waals surface area contributed by atoms with Crippen LogP contribution in [0.4, 0.5) is 0 Å². The largest absolute Gasteiger partial charge is 0.349 e. The minimum Gasteiger partial charge on any atom is -0.349 e. The number of carbonyl (C=O) groups excluding carboxylic acids is 1. The zero-order chi connectivity index (χ0) is 18.8. The van der Waals surface area contributed by atoms with Crippen molar-refractivity contribution in [1.29, 1.82) is 0 Å². The van der Waals surface area contributed by atoms with Crippen molar-refractivity contribution in [3.8, 4) is 0 Å². The normalized spacial score (nSPS) is 16.2. The first-order valence-electron chi connectivity index (χ1n) is 9.06. The van der Waals surface area contributed by atoms with Gasteiger partial charge in [-0.3, -0.25) is 4.79 Å². The third-order valence-electron chi connectivity index (χ3n) is 4.89. The molecule has 1 heterocycles. The third-order valence-corrected chi connectivity index (χ3v) is 6.79. The van der Waals surface area contributed by atoms with Crippen molar-refractivity contribution in [3.05, 3.63) is 29.3 Å². The van der Waals surface area contributed by atoms with Crippen molar-refractivity contribution in [2.45, 2.75) is 58.4 Å². The smallest absolute Gasteiger partial charge is 0.251 e. The van der Waals surface area contributed by atoms with Crippen LogP contribution in [0.2, 0.25) is 0 Å². The van der Waals surface area contributed by atoms with Crippen molar-refractivity contribution in [2.75, 3.05) is 13.1 Å². The second kappa shape index (κ2) is 7.87. The van der Waals surface area contributed by atoms with Gasteiger partial charge in [0.2, 0.25) is 10.0 Å². The molecule has 0 saturated carbocycles. The molecule has 0 aromatic heterocycles. The molecule has 0 bridgehead atoms. The van der Waals surface area contributed by atoms with Gasteiger partial charge in [0, 0.05) is 24.7 Å². The summed E-state index contributed by atoms with van der Waals surface area (Å²) in [6.07, 6.45) is 1.78. The fraction of sp³-hybridized carbons (Fsp3) is 0.632. The van der Waals surface area contributed by atoms with Crippen LogP contribution in [0, 0.1) is 18.8 Å². The SMILES string of the molecule is Cc1ccc(S(=O)(=O)N2CCCC2)cc1C(=O)NC(C(C)C)C(C)C. The number of sulfonamides is 1. The zero-order valence-electron chi connectivity index (χ0n) is 15.9. The third kappa shape index (κ3) is 4.42. The summed E-state index contributed by atoms with van der Waals surface area (Å²) in [6, 6.07) is 4.89. The van der Waals surface area contributed by atoms with Crippen LogP contribution in [0.1, 0.15) is 56.5 Å². The topological polar surface area (TPSA) is 66.5 Å². The Morgan fingerprint density at radius 1 is 1.08 bits per heavy atom. The molecular weight excluding hydrogens is 336 g/mol. The first-order chi connectivity index (χ1) is 11.6. The molecule has 1 aliphatic heterocycles. The van der Waals surface area contributed by atoms with Crippen molar-refractivity contribution in [2.24, 2.45) is 11.8 Å². The lowest BCUT2D eigenvalue weighted by molar-refractivity contribution is 0.0909. The summed E-state index contributed by atoms with van der Waals surface area (Å²) in [7, 11) is -3.52. The minimum absolute atomic E-state index is 0.0470. The van der Waals surface area contributed by atoms with E-state index in [1.807, 2.05) is 6.92 Å². The number of hydrogen-bond acceptors (Lipinski definition) is 3. The van der Waals surface area contributed by atoms with Gasteiger partial charge in [-0.05, 0) is 49.3 Å². The van der Waals surface area contributed by atoms with E-state index in [4.69, 9.17) is 0 Å². The monoisotopic (exact) mass is 366 g/mol. The lowest BCUT2D eigenvalue weighted by atomic mass is 9.93. The highest BCUT2D eigenvalue weighted by Gasteiger charge is 2.28. The first kappa shape index (κ1) is 19.9. The van der Waals surface area contributed by atoms with Crippen molar-refractivity contribution < 1.29 is 13.2 Å². The molecule has 6 heteroatoms. The van der Waals surface area contributed by atoms with Gasteiger partial charge in [0.15, 0.2) is 0 Å². The summed E-state index contributed by atoms with van der Waals surface area (Å²) >= 11 is 0. The number of nitrogens with zero attached hydrogens (tertiary/aromatic N) is 1. The molecule has 1 saturated heterocycles. The fourth-order valence-corrected chi connectivity index (χ4v) is 4.96. The Hall–Kier alpha value is -1.40. The van der Waals surface area contributed by atoms with Gasteiger partial charge in [-0.25, -0.2) is 8.42 Å². The van der Waals surface area contributed by atoms with E-state index < -0.39 is 10.0 Å². The second-order valence-corrected chi connectivity index (χ2v) is 9.51. The zero-order valence-corrected chi connectivity index (χ0v) is 16.7. The van der Waals surface area contributed by atoms with Gasteiger partial charge in [0.25, 0.3) is 5.91 Å². The number of carbonyl (C=O) groups is 1. The first-order valence-corrected chi connectivity index (χ1v) is 10.5. The molecule has 0 atom stereocenters. The van der Waals surface area contributed by atoms with E-state index in [-0.39, 0.29) is 16.8 Å². The molecule has 1 aromatic rings. The highest BCUT2D eigenvalue weighted by atomic mass is 32.2. The predicted octanol–water partition coefficient (Wildman–Crippen LogP) is 3.19. The Balaban J connectivity index is 2.31. The molecule has 0 radical (unpaired) electrons. The van der Waals surface area contributed by atoms with Crippen molar-refractivity contribution >= 4 is 15.9 Å². The van der Waals surface area contributed by atoms with Crippen LogP contribution in [0.15, 0.2) is 23.1 Å². The number of benzene rings is 1. The number of aryl methyl sites for hydroxylation is 1. The lowest BCUT2D eigenvalue weighted by Gasteiger charge is -2.26. The maximum absolute atomic E-state index is 12.8. The van der Waals surface area contributed by atoms with E-state index in [0.29, 0.717) is 30.5 Å². The van der Waals surface area contributed by atoms with Crippen molar-refractivity contribution in [3.63, 3.8) is 0 Å². The molecule has 2 rings (SSSR count). The minimum atomic E-state index is -3.52. The standard InChI is InChI=1S/C19H30N2O3S/c1-13(2)18(14(3)4)20-19(22)17-12-16(9-8-15(17)5)25(23,24)21-10-6-7-11-21/h8-9,12-14,18H,6-7,10-11H2,1-5H3,(H,20,22). The Bertz CT molecular complexity index is 712. The predicted molar refractivity (Wildman–Crippen MR) is 100 cm³/mol. The van der Waals surface area contributed by atoms with Crippen LogP contribution in [-0.2, 0) is 10.0 Å². The molecule has 0 aliphatic carbocycles. The average molecular weight is 367 g/mol. The van der Waals surface area contributed by atoms with E-state index in [0.717, 1.165) is 18.4 Å². The van der Waals surface area contributed by atoms with Crippen molar-refractivity contribution in [1.82, 2.24) is 9.62 Å². The summed E-state index contributed by atoms with van der Waals surface area (Å²) in [5.74, 6) is 0.407. The number of nitrogens with one attached hydrogen (secondary N) is 1. The van der Waals surface area contributed by atoms with Crippen LogP contribution >= 0.6 is 0 Å². The lowest BCUT2D eigenvalue weighted by Crippen LogP contribution is -2.42. The summed E-state index contributed by atoms with van der Waals surface area (Å²) < 4.78 is 27.0. The molecule has 1 aromatic carbocycles. The van der Waals surface area contributed by atoms with Crippen LogP contribution in [-0.4, -0.2) is 37.8 Å². The Labute approximate surface area is 151 Å². The second-order valence-electron chi connectivity index (χ2n) is 7.58. The van der Waals surface area contributed by atoms with E-state index >= 15 is 0 Å². The summed E-state index contributed by atoms with van der Waals surface area (Å²) in [5, 5.41) is 3.07. The van der Waals surface area contributed by atoms with Gasteiger partial charge in [-0.15, -0.1) is 0 Å². The molecule has 1 aliphatic rings. The highest BCUT2D eigenvalue weighted by molar-refractivity contribution is 7.89. The maximum Gasteiger partial charge on any atom is 0.251 e. The average Bonchev–Trinajstić information content (AvgIpc) is 3.07. The molecule has 1 amide bonds. The Kier molecular flexibility index (Phi) is 6.27. The van der Waals surface area contributed by atoms with Crippen LogP contribution < -0.4 is 5.32 Å². The number of rotatable bonds is 6. The van der Waals surface area contributed by atoms with E-state index in [9.17, 15) is 13.2 Å². The quantitative estimate of drug-likeness (QED) is 0.841. The molecule has 5 nitrogen and oxygen atoms in total. The molecular formula is C19H30N2O3S. The highest BCUT2D eigenvalue weighted by Crippen LogP contribution is 2.23. The van der Waals surface area contributed by atoms with Gasteiger partial charge in [0.1, 0.15) is 0 Å². The van der Waals surface area contributed by atoms with Crippen LogP contribution in [0.5, 0.6) is 0 Å². The molecule has 140 valence electrons. The molecule has 1 N–H and O–H groups in total. The van der Waals surface area contributed by atoms with Gasteiger partial charge >= 0.3 is 0 Å². The fourth-order valence-electron chi connectivity index (χ4n) is 3.42. The summed E-state index contributed by atoms with van der Waals surface area (Å²) in [4.78, 5) is 13.0. The summed E-state index contributed by atoms with van der Waals surface area (Å²) in [6.45, 7) is 11.2. The van der Waals surface area contributed by atoms with E-state index in [2.05, 4.69) is 33.0 Å². The number of hydrogen-bond donors (Lipinski definition) is 1. The number of amides is 1. The van der Waals surface area contributed by atoms with Gasteiger partial charge in [0.05, 0.1) is 4.90 Å². The van der Waals surface area contributed by atoms with Gasteiger partial charge < -0.3 is 5.32 Å². The van der Waals surface area contributed by atoms with Gasteiger partial charge in [-0.2, -0.15) is 4.31 Å². The molecule has 25 heavy (non-hydrogen) atoms. The molecule has 1 fully saturated rings. The Morgan fingerprint density at radius 3 is 2.16 bits per heavy atom. The maximum atomic E-state index is 12.8. The molecule has 0 spiro atoms. The van der Waals surface area contributed by atoms with Gasteiger partial charge in [-0.1, -0.05) is 33.8 Å². The van der Waals surface area contributed by atoms with E-state index in [1.54, 1.807) is 12.1 Å². The van der Waals surface area contributed by atoms with Crippen LogP contribution in [0.25, 0.3) is 0 Å².